The monoisotopic (exact) mass is 283 g/mol. The molecule has 1 aromatic heterocycles. The highest BCUT2D eigenvalue weighted by molar-refractivity contribution is 5.30. The van der Waals surface area contributed by atoms with Crippen molar-refractivity contribution in [2.24, 2.45) is 0 Å². The summed E-state index contributed by atoms with van der Waals surface area (Å²) in [6, 6.07) is 8.98. The largest absolute Gasteiger partial charge is 0.327 e. The van der Waals surface area contributed by atoms with Gasteiger partial charge in [0.05, 0.1) is 12.4 Å². The molecule has 0 saturated carbocycles. The molecule has 1 atom stereocenters. The van der Waals surface area contributed by atoms with Gasteiger partial charge in [0.1, 0.15) is 0 Å². The molecule has 1 unspecified atom stereocenters. The van der Waals surface area contributed by atoms with Gasteiger partial charge in [0.15, 0.2) is 0 Å². The molecule has 2 aromatic rings. The van der Waals surface area contributed by atoms with Crippen LogP contribution in [0.4, 0.5) is 0 Å². The van der Waals surface area contributed by atoms with Crippen LogP contribution in [0.1, 0.15) is 49.6 Å². The van der Waals surface area contributed by atoms with E-state index < -0.39 is 0 Å². The van der Waals surface area contributed by atoms with E-state index in [1.807, 2.05) is 6.33 Å². The number of imidazole rings is 1. The zero-order chi connectivity index (χ0) is 14.9. The Morgan fingerprint density at radius 2 is 1.95 bits per heavy atom. The number of aromatic nitrogens is 2. The summed E-state index contributed by atoms with van der Waals surface area (Å²) in [7, 11) is 0. The molecule has 3 heteroatoms. The quantitative estimate of drug-likeness (QED) is 0.935. The van der Waals surface area contributed by atoms with Crippen molar-refractivity contribution in [1.29, 1.82) is 0 Å². The van der Waals surface area contributed by atoms with Crippen molar-refractivity contribution in [3.8, 4) is 0 Å². The molecule has 0 bridgehead atoms. The minimum absolute atomic E-state index is 0.235. The zero-order valence-electron chi connectivity index (χ0n) is 13.3. The summed E-state index contributed by atoms with van der Waals surface area (Å²) in [4.78, 5) is 4.46. The normalized spacial score (nSPS) is 19.4. The first kappa shape index (κ1) is 14.3. The Balaban J connectivity index is 1.97. The summed E-state index contributed by atoms with van der Waals surface area (Å²) >= 11 is 0. The number of benzene rings is 1. The molecule has 3 nitrogen and oxygen atoms in total. The maximum absolute atomic E-state index is 4.46. The van der Waals surface area contributed by atoms with E-state index in [2.05, 4.69) is 66.1 Å². The molecule has 0 aliphatic carbocycles. The molecule has 3 rings (SSSR count). The molecule has 0 radical (unpaired) electrons. The molecular weight excluding hydrogens is 258 g/mol. The van der Waals surface area contributed by atoms with E-state index in [9.17, 15) is 0 Å². The van der Waals surface area contributed by atoms with Gasteiger partial charge in [0.2, 0.25) is 0 Å². The lowest BCUT2D eigenvalue weighted by molar-refractivity contribution is 0.314. The average Bonchev–Trinajstić information content (AvgIpc) is 2.98. The molecule has 1 aliphatic rings. The van der Waals surface area contributed by atoms with Gasteiger partial charge < -0.3 is 9.88 Å². The lowest BCUT2D eigenvalue weighted by atomic mass is 9.78. The highest BCUT2D eigenvalue weighted by atomic mass is 15.1. The van der Waals surface area contributed by atoms with Crippen molar-refractivity contribution in [3.05, 3.63) is 53.6 Å². The summed E-state index contributed by atoms with van der Waals surface area (Å²) in [6.45, 7) is 9.04. The molecule has 0 amide bonds. The maximum atomic E-state index is 4.46. The Bertz CT molecular complexity index is 608. The molecule has 0 spiro atoms. The standard InChI is InChI=1S/C18H25N3/c1-14-6-4-5-7-16(14)15(2)21-13-20-12-17(21)18(3)8-10-19-11-9-18/h4-7,12-13,15,19H,8-11H2,1-3H3. The molecule has 1 aromatic carbocycles. The lowest BCUT2D eigenvalue weighted by Crippen LogP contribution is -2.39. The van der Waals surface area contributed by atoms with E-state index in [1.54, 1.807) is 0 Å². The first-order valence-corrected chi connectivity index (χ1v) is 7.90. The van der Waals surface area contributed by atoms with E-state index in [4.69, 9.17) is 0 Å². The number of nitrogens with zero attached hydrogens (tertiary/aromatic N) is 2. The van der Waals surface area contributed by atoms with Crippen LogP contribution < -0.4 is 5.32 Å². The summed E-state index contributed by atoms with van der Waals surface area (Å²) < 4.78 is 2.37. The highest BCUT2D eigenvalue weighted by Gasteiger charge is 2.32. The molecule has 1 saturated heterocycles. The fourth-order valence-corrected chi connectivity index (χ4v) is 3.52. The Labute approximate surface area is 127 Å². The van der Waals surface area contributed by atoms with Gasteiger partial charge in [-0.1, -0.05) is 31.2 Å². The van der Waals surface area contributed by atoms with Crippen LogP contribution in [-0.2, 0) is 5.41 Å². The summed E-state index contributed by atoms with van der Waals surface area (Å²) in [6.07, 6.45) is 6.43. The van der Waals surface area contributed by atoms with E-state index in [1.165, 1.54) is 29.7 Å². The third-order valence-corrected chi connectivity index (χ3v) is 5.05. The number of rotatable bonds is 3. The van der Waals surface area contributed by atoms with Crippen LogP contribution in [-0.4, -0.2) is 22.6 Å². The van der Waals surface area contributed by atoms with Gasteiger partial charge in [-0.2, -0.15) is 0 Å². The topological polar surface area (TPSA) is 29.9 Å². The number of piperidine rings is 1. The molecule has 1 aliphatic heterocycles. The first-order chi connectivity index (χ1) is 10.1. The molecule has 1 N–H and O–H groups in total. The summed E-state index contributed by atoms with van der Waals surface area (Å²) in [5.41, 5.74) is 4.34. The van der Waals surface area contributed by atoms with Crippen molar-refractivity contribution in [1.82, 2.24) is 14.9 Å². The van der Waals surface area contributed by atoms with Gasteiger partial charge in [-0.15, -0.1) is 0 Å². The van der Waals surface area contributed by atoms with Gasteiger partial charge in [0, 0.05) is 17.3 Å². The predicted octanol–water partition coefficient (Wildman–Crippen LogP) is 3.44. The molecule has 112 valence electrons. The van der Waals surface area contributed by atoms with Gasteiger partial charge in [0.25, 0.3) is 0 Å². The Morgan fingerprint density at radius 1 is 1.24 bits per heavy atom. The molecule has 21 heavy (non-hydrogen) atoms. The van der Waals surface area contributed by atoms with E-state index >= 15 is 0 Å². The number of hydrogen-bond acceptors (Lipinski definition) is 2. The second-order valence-electron chi connectivity index (χ2n) is 6.53. The van der Waals surface area contributed by atoms with Crippen LogP contribution in [0.2, 0.25) is 0 Å². The molecule has 1 fully saturated rings. The Kier molecular flexibility index (Phi) is 3.85. The van der Waals surface area contributed by atoms with E-state index in [0.29, 0.717) is 6.04 Å². The van der Waals surface area contributed by atoms with Crippen molar-refractivity contribution >= 4 is 0 Å². The zero-order valence-corrected chi connectivity index (χ0v) is 13.3. The number of hydrogen-bond donors (Lipinski definition) is 1. The van der Waals surface area contributed by atoms with Crippen LogP contribution in [0.15, 0.2) is 36.8 Å². The number of nitrogens with one attached hydrogen (secondary N) is 1. The fourth-order valence-electron chi connectivity index (χ4n) is 3.52. The van der Waals surface area contributed by atoms with Gasteiger partial charge in [-0.05, 0) is 50.9 Å². The Morgan fingerprint density at radius 3 is 2.67 bits per heavy atom. The summed E-state index contributed by atoms with van der Waals surface area (Å²) in [5, 5.41) is 3.46. The van der Waals surface area contributed by atoms with Crippen LogP contribution in [0.25, 0.3) is 0 Å². The van der Waals surface area contributed by atoms with Crippen molar-refractivity contribution < 1.29 is 0 Å². The Hall–Kier alpha value is -1.61. The summed E-state index contributed by atoms with van der Waals surface area (Å²) in [5.74, 6) is 0. The van der Waals surface area contributed by atoms with Crippen LogP contribution >= 0.6 is 0 Å². The molecular formula is C18H25N3. The van der Waals surface area contributed by atoms with Gasteiger partial charge in [-0.25, -0.2) is 4.98 Å². The van der Waals surface area contributed by atoms with E-state index in [0.717, 1.165) is 13.1 Å². The third kappa shape index (κ3) is 2.62. The SMILES string of the molecule is Cc1ccccc1C(C)n1cncc1C1(C)CCNCC1. The second kappa shape index (κ2) is 5.64. The third-order valence-electron chi connectivity index (χ3n) is 5.05. The van der Waals surface area contributed by atoms with Crippen LogP contribution in [0, 0.1) is 6.92 Å². The highest BCUT2D eigenvalue weighted by Crippen LogP contribution is 2.35. The lowest BCUT2D eigenvalue weighted by Gasteiger charge is -2.36. The van der Waals surface area contributed by atoms with Crippen LogP contribution in [0.3, 0.4) is 0 Å². The number of aryl methyl sites for hydroxylation is 1. The minimum atomic E-state index is 0.235. The van der Waals surface area contributed by atoms with E-state index in [-0.39, 0.29) is 5.41 Å². The van der Waals surface area contributed by atoms with Crippen molar-refractivity contribution in [2.45, 2.75) is 45.1 Å². The fraction of sp³-hybridized carbons (Fsp3) is 0.500. The predicted molar refractivity (Wildman–Crippen MR) is 86.7 cm³/mol. The van der Waals surface area contributed by atoms with Crippen molar-refractivity contribution in [2.75, 3.05) is 13.1 Å². The smallest absolute Gasteiger partial charge is 0.0954 e. The first-order valence-electron chi connectivity index (χ1n) is 7.90. The second-order valence-corrected chi connectivity index (χ2v) is 6.53. The van der Waals surface area contributed by atoms with Crippen LogP contribution in [0.5, 0.6) is 0 Å². The minimum Gasteiger partial charge on any atom is -0.327 e. The van der Waals surface area contributed by atoms with Gasteiger partial charge >= 0.3 is 0 Å². The average molecular weight is 283 g/mol. The molecule has 2 heterocycles. The maximum Gasteiger partial charge on any atom is 0.0954 e. The van der Waals surface area contributed by atoms with Crippen molar-refractivity contribution in [3.63, 3.8) is 0 Å². The van der Waals surface area contributed by atoms with Gasteiger partial charge in [-0.3, -0.25) is 0 Å².